The Hall–Kier alpha value is -1.68. The highest BCUT2D eigenvalue weighted by molar-refractivity contribution is 5.65. The smallest absolute Gasteiger partial charge is 0.128 e. The minimum atomic E-state index is -0.261. The van der Waals surface area contributed by atoms with E-state index in [-0.39, 0.29) is 12.4 Å². The molecule has 0 spiro atoms. The molecule has 0 radical (unpaired) electrons. The quantitative estimate of drug-likeness (QED) is 0.839. The average Bonchev–Trinajstić information content (AvgIpc) is 2.58. The van der Waals surface area contributed by atoms with Crippen LogP contribution in [0, 0.1) is 12.7 Å². The van der Waals surface area contributed by atoms with Crippen molar-refractivity contribution in [2.75, 3.05) is 0 Å². The zero-order chi connectivity index (χ0) is 11.7. The molecular formula is C12H14FN3. The van der Waals surface area contributed by atoms with E-state index in [2.05, 4.69) is 5.10 Å². The van der Waals surface area contributed by atoms with Crippen LogP contribution in [0.3, 0.4) is 0 Å². The van der Waals surface area contributed by atoms with Gasteiger partial charge < -0.3 is 5.73 Å². The van der Waals surface area contributed by atoms with E-state index in [1.165, 1.54) is 6.07 Å². The van der Waals surface area contributed by atoms with Crippen LogP contribution < -0.4 is 5.73 Å². The number of hydrogen-bond donors (Lipinski definition) is 1. The van der Waals surface area contributed by atoms with Crippen molar-refractivity contribution in [3.63, 3.8) is 0 Å². The van der Waals surface area contributed by atoms with Gasteiger partial charge in [0.25, 0.3) is 0 Å². The summed E-state index contributed by atoms with van der Waals surface area (Å²) in [7, 11) is 1.85. The highest BCUT2D eigenvalue weighted by Crippen LogP contribution is 2.24. The summed E-state index contributed by atoms with van der Waals surface area (Å²) in [6.45, 7) is 2.13. The molecule has 2 N–H and O–H groups in total. The second kappa shape index (κ2) is 4.06. The van der Waals surface area contributed by atoms with Gasteiger partial charge in [-0.1, -0.05) is 12.1 Å². The number of halogens is 1. The summed E-state index contributed by atoms with van der Waals surface area (Å²) in [4.78, 5) is 0. The standard InChI is InChI=1S/C12H14FN3/c1-8-11(7-16(2)15-8)9-3-4-10(6-14)12(13)5-9/h3-5,7H,6,14H2,1-2H3. The number of hydrogen-bond acceptors (Lipinski definition) is 2. The maximum atomic E-state index is 13.6. The summed E-state index contributed by atoms with van der Waals surface area (Å²) in [6, 6.07) is 5.10. The molecule has 0 unspecified atom stereocenters. The van der Waals surface area contributed by atoms with Crippen molar-refractivity contribution >= 4 is 0 Å². The summed E-state index contributed by atoms with van der Waals surface area (Å²) in [6.07, 6.45) is 1.88. The third-order valence-corrected chi connectivity index (χ3v) is 2.60. The highest BCUT2D eigenvalue weighted by atomic mass is 19.1. The fraction of sp³-hybridized carbons (Fsp3) is 0.250. The van der Waals surface area contributed by atoms with Gasteiger partial charge in [0.2, 0.25) is 0 Å². The molecular weight excluding hydrogens is 205 g/mol. The number of nitrogens with two attached hydrogens (primary N) is 1. The Morgan fingerprint density at radius 2 is 2.19 bits per heavy atom. The van der Waals surface area contributed by atoms with E-state index in [1.807, 2.05) is 26.2 Å². The van der Waals surface area contributed by atoms with Gasteiger partial charge in [0.15, 0.2) is 0 Å². The minimum Gasteiger partial charge on any atom is -0.326 e. The molecule has 2 rings (SSSR count). The van der Waals surface area contributed by atoms with Crippen LogP contribution in [-0.4, -0.2) is 9.78 Å². The van der Waals surface area contributed by atoms with Gasteiger partial charge >= 0.3 is 0 Å². The molecule has 16 heavy (non-hydrogen) atoms. The summed E-state index contributed by atoms with van der Waals surface area (Å²) in [5.41, 5.74) is 8.62. The van der Waals surface area contributed by atoms with Crippen LogP contribution >= 0.6 is 0 Å². The number of rotatable bonds is 2. The molecule has 0 amide bonds. The molecule has 0 saturated carbocycles. The van der Waals surface area contributed by atoms with Gasteiger partial charge in [0.1, 0.15) is 5.82 Å². The van der Waals surface area contributed by atoms with Crippen LogP contribution in [0.1, 0.15) is 11.3 Å². The lowest BCUT2D eigenvalue weighted by molar-refractivity contribution is 0.611. The Balaban J connectivity index is 2.49. The molecule has 1 heterocycles. The van der Waals surface area contributed by atoms with E-state index in [1.54, 1.807) is 10.7 Å². The second-order valence-corrected chi connectivity index (χ2v) is 3.81. The van der Waals surface area contributed by atoms with Crippen LogP contribution in [0.15, 0.2) is 24.4 Å². The maximum absolute atomic E-state index is 13.6. The highest BCUT2D eigenvalue weighted by Gasteiger charge is 2.08. The molecule has 84 valence electrons. The normalized spacial score (nSPS) is 10.8. The molecule has 0 atom stereocenters. The molecule has 0 bridgehead atoms. The van der Waals surface area contributed by atoms with Crippen LogP contribution in [0.4, 0.5) is 4.39 Å². The van der Waals surface area contributed by atoms with Gasteiger partial charge in [-0.15, -0.1) is 0 Å². The Morgan fingerprint density at radius 3 is 2.69 bits per heavy atom. The molecule has 0 aliphatic heterocycles. The lowest BCUT2D eigenvalue weighted by Gasteiger charge is -2.03. The topological polar surface area (TPSA) is 43.8 Å². The van der Waals surface area contributed by atoms with Crippen molar-refractivity contribution in [3.8, 4) is 11.1 Å². The molecule has 3 nitrogen and oxygen atoms in total. The first-order valence-electron chi connectivity index (χ1n) is 5.11. The molecule has 0 fully saturated rings. The first-order chi connectivity index (χ1) is 7.61. The predicted octanol–water partition coefficient (Wildman–Crippen LogP) is 1.99. The van der Waals surface area contributed by atoms with Crippen molar-refractivity contribution < 1.29 is 4.39 Å². The van der Waals surface area contributed by atoms with E-state index in [4.69, 9.17) is 5.73 Å². The number of nitrogens with zero attached hydrogens (tertiary/aromatic N) is 2. The van der Waals surface area contributed by atoms with Crippen LogP contribution in [0.5, 0.6) is 0 Å². The van der Waals surface area contributed by atoms with Gasteiger partial charge in [-0.25, -0.2) is 4.39 Å². The Morgan fingerprint density at radius 1 is 1.44 bits per heavy atom. The van der Waals surface area contributed by atoms with Gasteiger partial charge in [-0.3, -0.25) is 4.68 Å². The third-order valence-electron chi connectivity index (χ3n) is 2.60. The van der Waals surface area contributed by atoms with Gasteiger partial charge in [0, 0.05) is 30.9 Å². The van der Waals surface area contributed by atoms with Crippen molar-refractivity contribution in [2.24, 2.45) is 12.8 Å². The SMILES string of the molecule is Cc1nn(C)cc1-c1ccc(CN)c(F)c1. The maximum Gasteiger partial charge on any atom is 0.128 e. The molecule has 0 aliphatic carbocycles. The Bertz CT molecular complexity index is 517. The van der Waals surface area contributed by atoms with Crippen molar-refractivity contribution in [1.29, 1.82) is 0 Å². The number of aryl methyl sites for hydroxylation is 2. The van der Waals surface area contributed by atoms with Crippen molar-refractivity contribution in [2.45, 2.75) is 13.5 Å². The van der Waals surface area contributed by atoms with Gasteiger partial charge in [0.05, 0.1) is 5.69 Å². The minimum absolute atomic E-state index is 0.220. The lowest BCUT2D eigenvalue weighted by atomic mass is 10.0. The fourth-order valence-electron chi connectivity index (χ4n) is 1.76. The molecule has 2 aromatic rings. The third kappa shape index (κ3) is 1.84. The molecule has 1 aromatic heterocycles. The molecule has 1 aromatic carbocycles. The summed E-state index contributed by atoms with van der Waals surface area (Å²) >= 11 is 0. The van der Waals surface area contributed by atoms with Crippen LogP contribution in [0.2, 0.25) is 0 Å². The first kappa shape index (κ1) is 10.8. The second-order valence-electron chi connectivity index (χ2n) is 3.81. The summed E-state index contributed by atoms with van der Waals surface area (Å²) in [5.74, 6) is -0.261. The van der Waals surface area contributed by atoms with E-state index in [9.17, 15) is 4.39 Å². The number of benzene rings is 1. The van der Waals surface area contributed by atoms with Crippen molar-refractivity contribution in [1.82, 2.24) is 9.78 Å². The van der Waals surface area contributed by atoms with Crippen LogP contribution in [0.25, 0.3) is 11.1 Å². The Labute approximate surface area is 93.7 Å². The predicted molar refractivity (Wildman–Crippen MR) is 61.2 cm³/mol. The summed E-state index contributed by atoms with van der Waals surface area (Å²) in [5, 5.41) is 4.23. The Kier molecular flexibility index (Phi) is 2.75. The number of aromatic nitrogens is 2. The van der Waals surface area contributed by atoms with Gasteiger partial charge in [-0.2, -0.15) is 5.10 Å². The molecule has 0 aliphatic rings. The zero-order valence-corrected chi connectivity index (χ0v) is 9.37. The van der Waals surface area contributed by atoms with E-state index in [0.29, 0.717) is 5.56 Å². The van der Waals surface area contributed by atoms with Crippen LogP contribution in [-0.2, 0) is 13.6 Å². The first-order valence-corrected chi connectivity index (χ1v) is 5.11. The van der Waals surface area contributed by atoms with E-state index >= 15 is 0 Å². The molecule has 4 heteroatoms. The average molecular weight is 219 g/mol. The largest absolute Gasteiger partial charge is 0.326 e. The lowest BCUT2D eigenvalue weighted by Crippen LogP contribution is -1.99. The summed E-state index contributed by atoms with van der Waals surface area (Å²) < 4.78 is 15.3. The van der Waals surface area contributed by atoms with E-state index < -0.39 is 0 Å². The molecule has 0 saturated heterocycles. The zero-order valence-electron chi connectivity index (χ0n) is 9.37. The van der Waals surface area contributed by atoms with Crippen molar-refractivity contribution in [3.05, 3.63) is 41.5 Å². The van der Waals surface area contributed by atoms with E-state index in [0.717, 1.165) is 16.8 Å². The monoisotopic (exact) mass is 219 g/mol. The fourth-order valence-corrected chi connectivity index (χ4v) is 1.76. The van der Waals surface area contributed by atoms with Gasteiger partial charge in [-0.05, 0) is 18.6 Å².